The van der Waals surface area contributed by atoms with E-state index in [9.17, 15) is 0 Å². The van der Waals surface area contributed by atoms with Crippen LogP contribution in [0, 0.1) is 0 Å². The zero-order valence-electron chi connectivity index (χ0n) is 12.2. The van der Waals surface area contributed by atoms with Crippen molar-refractivity contribution in [2.75, 3.05) is 14.2 Å². The van der Waals surface area contributed by atoms with E-state index < -0.39 is 0 Å². The van der Waals surface area contributed by atoms with Crippen LogP contribution in [0.5, 0.6) is 11.5 Å². The molecule has 0 spiro atoms. The van der Waals surface area contributed by atoms with E-state index in [1.54, 1.807) is 14.2 Å². The van der Waals surface area contributed by atoms with Crippen molar-refractivity contribution < 1.29 is 9.47 Å². The third-order valence-corrected chi connectivity index (χ3v) is 3.23. The van der Waals surface area contributed by atoms with Crippen LogP contribution in [0.2, 0.25) is 0 Å². The Morgan fingerprint density at radius 3 is 2.60 bits per heavy atom. The number of nitrogens with two attached hydrogens (primary N) is 1. The van der Waals surface area contributed by atoms with Gasteiger partial charge in [0.15, 0.2) is 11.5 Å². The average molecular weight is 275 g/mol. The quantitative estimate of drug-likeness (QED) is 0.879. The molecule has 0 aliphatic rings. The van der Waals surface area contributed by atoms with Crippen LogP contribution in [0.4, 0.5) is 0 Å². The van der Waals surface area contributed by atoms with Gasteiger partial charge in [-0.2, -0.15) is 5.10 Å². The number of rotatable bonds is 6. The second-order valence-electron chi connectivity index (χ2n) is 4.63. The van der Waals surface area contributed by atoms with Crippen LogP contribution in [-0.2, 0) is 6.54 Å². The third kappa shape index (κ3) is 2.93. The van der Waals surface area contributed by atoms with Crippen LogP contribution in [0.15, 0.2) is 30.6 Å². The summed E-state index contributed by atoms with van der Waals surface area (Å²) in [6, 6.07) is 5.49. The summed E-state index contributed by atoms with van der Waals surface area (Å²) in [6.45, 7) is 3.02. The summed E-state index contributed by atoms with van der Waals surface area (Å²) in [5.74, 6) is 1.38. The lowest BCUT2D eigenvalue weighted by Gasteiger charge is -2.13. The van der Waals surface area contributed by atoms with Crippen LogP contribution in [-0.4, -0.2) is 24.0 Å². The Balaban J connectivity index is 2.25. The topological polar surface area (TPSA) is 62.3 Å². The van der Waals surface area contributed by atoms with Crippen molar-refractivity contribution in [1.29, 1.82) is 0 Å². The molecule has 0 saturated carbocycles. The molecule has 1 unspecified atom stereocenters. The standard InChI is InChI=1S/C15H21N3O2/c1-4-7-18-10-12(9-17-18)15(16)11-5-6-13(19-2)14(8-11)20-3/h5-6,8-10,15H,4,7,16H2,1-3H3. The molecule has 2 rings (SSSR count). The summed E-state index contributed by atoms with van der Waals surface area (Å²) in [5, 5.41) is 4.31. The van der Waals surface area contributed by atoms with Gasteiger partial charge in [-0.3, -0.25) is 4.68 Å². The summed E-state index contributed by atoms with van der Waals surface area (Å²) in [5.41, 5.74) is 8.25. The first-order valence-corrected chi connectivity index (χ1v) is 6.69. The van der Waals surface area contributed by atoms with Crippen LogP contribution in [0.1, 0.15) is 30.5 Å². The van der Waals surface area contributed by atoms with Gasteiger partial charge in [-0.1, -0.05) is 13.0 Å². The van der Waals surface area contributed by atoms with Gasteiger partial charge in [0, 0.05) is 18.3 Å². The summed E-state index contributed by atoms with van der Waals surface area (Å²) >= 11 is 0. The predicted octanol–water partition coefficient (Wildman–Crippen LogP) is 2.36. The largest absolute Gasteiger partial charge is 0.493 e. The number of ether oxygens (including phenoxy) is 2. The van der Waals surface area contributed by atoms with Gasteiger partial charge in [0.1, 0.15) is 0 Å². The number of nitrogens with zero attached hydrogens (tertiary/aromatic N) is 2. The van der Waals surface area contributed by atoms with Crippen LogP contribution < -0.4 is 15.2 Å². The second kappa shape index (κ2) is 6.43. The first-order valence-electron chi connectivity index (χ1n) is 6.69. The van der Waals surface area contributed by atoms with E-state index in [1.807, 2.05) is 35.3 Å². The Kier molecular flexibility index (Phi) is 4.63. The van der Waals surface area contributed by atoms with Crippen molar-refractivity contribution in [3.63, 3.8) is 0 Å². The number of aryl methyl sites for hydroxylation is 1. The zero-order valence-corrected chi connectivity index (χ0v) is 12.2. The fourth-order valence-corrected chi connectivity index (χ4v) is 2.13. The minimum Gasteiger partial charge on any atom is -0.493 e. The Morgan fingerprint density at radius 2 is 1.95 bits per heavy atom. The van der Waals surface area contributed by atoms with E-state index in [0.29, 0.717) is 11.5 Å². The molecule has 20 heavy (non-hydrogen) atoms. The number of benzene rings is 1. The molecule has 5 nitrogen and oxygen atoms in total. The highest BCUT2D eigenvalue weighted by atomic mass is 16.5. The van der Waals surface area contributed by atoms with Crippen LogP contribution in [0.3, 0.4) is 0 Å². The maximum Gasteiger partial charge on any atom is 0.161 e. The lowest BCUT2D eigenvalue weighted by molar-refractivity contribution is 0.354. The fraction of sp³-hybridized carbons (Fsp3) is 0.400. The molecule has 0 bridgehead atoms. The molecule has 5 heteroatoms. The van der Waals surface area contributed by atoms with Crippen molar-refractivity contribution in [3.8, 4) is 11.5 Å². The highest BCUT2D eigenvalue weighted by Gasteiger charge is 2.14. The molecule has 0 aliphatic carbocycles. The smallest absolute Gasteiger partial charge is 0.161 e. The van der Waals surface area contributed by atoms with E-state index in [0.717, 1.165) is 24.1 Å². The molecule has 2 N–H and O–H groups in total. The first kappa shape index (κ1) is 14.4. The highest BCUT2D eigenvalue weighted by Crippen LogP contribution is 2.31. The van der Waals surface area contributed by atoms with Crippen molar-refractivity contribution in [2.24, 2.45) is 5.73 Å². The monoisotopic (exact) mass is 275 g/mol. The van der Waals surface area contributed by atoms with E-state index in [4.69, 9.17) is 15.2 Å². The number of hydrogen-bond donors (Lipinski definition) is 1. The molecule has 1 aromatic carbocycles. The molecule has 1 heterocycles. The predicted molar refractivity (Wildman–Crippen MR) is 78.1 cm³/mol. The van der Waals surface area contributed by atoms with Gasteiger partial charge in [0.25, 0.3) is 0 Å². The van der Waals surface area contributed by atoms with Crippen LogP contribution in [0.25, 0.3) is 0 Å². The maximum atomic E-state index is 6.29. The Hall–Kier alpha value is -2.01. The van der Waals surface area contributed by atoms with E-state index in [2.05, 4.69) is 12.0 Å². The normalized spacial score (nSPS) is 12.2. The van der Waals surface area contributed by atoms with Crippen molar-refractivity contribution in [1.82, 2.24) is 9.78 Å². The second-order valence-corrected chi connectivity index (χ2v) is 4.63. The average Bonchev–Trinajstić information content (AvgIpc) is 2.94. The lowest BCUT2D eigenvalue weighted by atomic mass is 10.0. The molecule has 1 aromatic heterocycles. The lowest BCUT2D eigenvalue weighted by Crippen LogP contribution is -2.11. The molecular weight excluding hydrogens is 254 g/mol. The summed E-state index contributed by atoms with van der Waals surface area (Å²) in [7, 11) is 3.23. The Labute approximate surface area is 119 Å². The molecule has 0 saturated heterocycles. The summed E-state index contributed by atoms with van der Waals surface area (Å²) in [4.78, 5) is 0. The van der Waals surface area contributed by atoms with Gasteiger partial charge in [0.05, 0.1) is 26.5 Å². The Morgan fingerprint density at radius 1 is 1.20 bits per heavy atom. The summed E-state index contributed by atoms with van der Waals surface area (Å²) < 4.78 is 12.4. The molecule has 0 radical (unpaired) electrons. The molecule has 0 fully saturated rings. The minimum atomic E-state index is -0.222. The molecule has 108 valence electrons. The minimum absolute atomic E-state index is 0.222. The zero-order chi connectivity index (χ0) is 14.5. The number of methoxy groups -OCH3 is 2. The van der Waals surface area contributed by atoms with E-state index in [1.165, 1.54) is 0 Å². The van der Waals surface area contributed by atoms with E-state index >= 15 is 0 Å². The molecule has 2 aromatic rings. The summed E-state index contributed by atoms with van der Waals surface area (Å²) in [6.07, 6.45) is 4.86. The molecular formula is C15H21N3O2. The maximum absolute atomic E-state index is 6.29. The molecule has 0 amide bonds. The number of aromatic nitrogens is 2. The number of hydrogen-bond acceptors (Lipinski definition) is 4. The molecule has 1 atom stereocenters. The Bertz CT molecular complexity index is 566. The van der Waals surface area contributed by atoms with E-state index in [-0.39, 0.29) is 6.04 Å². The van der Waals surface area contributed by atoms with Gasteiger partial charge < -0.3 is 15.2 Å². The van der Waals surface area contributed by atoms with Crippen molar-refractivity contribution in [2.45, 2.75) is 25.9 Å². The fourth-order valence-electron chi connectivity index (χ4n) is 2.13. The first-order chi connectivity index (χ1) is 9.69. The van der Waals surface area contributed by atoms with Gasteiger partial charge in [-0.05, 0) is 24.1 Å². The van der Waals surface area contributed by atoms with Gasteiger partial charge in [-0.15, -0.1) is 0 Å². The highest BCUT2D eigenvalue weighted by molar-refractivity contribution is 5.45. The molecule has 0 aliphatic heterocycles. The van der Waals surface area contributed by atoms with Crippen molar-refractivity contribution in [3.05, 3.63) is 41.7 Å². The van der Waals surface area contributed by atoms with Gasteiger partial charge in [-0.25, -0.2) is 0 Å². The van der Waals surface area contributed by atoms with Crippen molar-refractivity contribution >= 4 is 0 Å². The van der Waals surface area contributed by atoms with Gasteiger partial charge >= 0.3 is 0 Å². The van der Waals surface area contributed by atoms with Gasteiger partial charge in [0.2, 0.25) is 0 Å². The SMILES string of the molecule is CCCn1cc(C(N)c2ccc(OC)c(OC)c2)cn1. The van der Waals surface area contributed by atoms with Crippen LogP contribution >= 0.6 is 0 Å². The third-order valence-electron chi connectivity index (χ3n) is 3.23.